The Morgan fingerprint density at radius 1 is 1.25 bits per heavy atom. The van der Waals surface area contributed by atoms with Crippen molar-refractivity contribution in [3.63, 3.8) is 0 Å². The largest absolute Gasteiger partial charge is 0.443 e. The normalized spacial score (nSPS) is 10.2. The Labute approximate surface area is 119 Å². The van der Waals surface area contributed by atoms with Crippen LogP contribution in [0.4, 0.5) is 10.5 Å². The molecular weight excluding hydrogens is 254 g/mol. The van der Waals surface area contributed by atoms with Crippen molar-refractivity contribution in [2.45, 2.75) is 32.8 Å². The molecule has 0 aliphatic heterocycles. The van der Waals surface area contributed by atoms with E-state index in [1.807, 2.05) is 12.1 Å². The zero-order chi connectivity index (χ0) is 15.2. The van der Waals surface area contributed by atoms with Crippen LogP contribution in [0.1, 0.15) is 32.8 Å². The number of carbonyl (C=O) groups excluding carboxylic acids is 1. The number of anilines is 1. The molecule has 0 saturated carbocycles. The lowest BCUT2D eigenvalue weighted by Gasteiger charge is -2.27. The summed E-state index contributed by atoms with van der Waals surface area (Å²) in [6.07, 6.45) is -0.295. The summed E-state index contributed by atoms with van der Waals surface area (Å²) in [5, 5.41) is 17.5. The van der Waals surface area contributed by atoms with Crippen LogP contribution < -0.4 is 4.90 Å². The lowest BCUT2D eigenvalue weighted by atomic mass is 10.2. The van der Waals surface area contributed by atoms with Crippen LogP contribution >= 0.6 is 0 Å². The van der Waals surface area contributed by atoms with E-state index in [0.717, 1.165) is 0 Å². The summed E-state index contributed by atoms with van der Waals surface area (Å²) in [5.74, 6) is 0. The van der Waals surface area contributed by atoms with Crippen molar-refractivity contribution in [2.24, 2.45) is 0 Å². The number of hydrogen-bond acceptors (Lipinski definition) is 4. The first-order valence-corrected chi connectivity index (χ1v) is 6.25. The maximum Gasteiger partial charge on any atom is 0.414 e. The van der Waals surface area contributed by atoms with Gasteiger partial charge in [-0.25, -0.2) is 4.79 Å². The van der Waals surface area contributed by atoms with Crippen LogP contribution in [0.3, 0.4) is 0 Å². The quantitative estimate of drug-likeness (QED) is 0.845. The highest BCUT2D eigenvalue weighted by molar-refractivity contribution is 5.88. The van der Waals surface area contributed by atoms with E-state index in [1.165, 1.54) is 4.90 Å². The highest BCUT2D eigenvalue weighted by Gasteiger charge is 2.23. The van der Waals surface area contributed by atoms with Crippen LogP contribution in [-0.4, -0.2) is 18.2 Å². The van der Waals surface area contributed by atoms with Gasteiger partial charge in [0.25, 0.3) is 0 Å². The topological polar surface area (TPSA) is 77.1 Å². The first-order chi connectivity index (χ1) is 9.37. The maximum absolute atomic E-state index is 12.1. The Kier molecular flexibility index (Phi) is 5.11. The van der Waals surface area contributed by atoms with Gasteiger partial charge in [-0.15, -0.1) is 0 Å². The van der Waals surface area contributed by atoms with Crippen LogP contribution in [-0.2, 0) is 4.74 Å². The van der Waals surface area contributed by atoms with Crippen molar-refractivity contribution >= 4 is 11.8 Å². The third kappa shape index (κ3) is 4.62. The second-order valence-electron chi connectivity index (χ2n) is 5.20. The third-order valence-corrected chi connectivity index (χ3v) is 2.37. The van der Waals surface area contributed by atoms with Gasteiger partial charge < -0.3 is 4.74 Å². The summed E-state index contributed by atoms with van der Waals surface area (Å²) in [6.45, 7) is 5.60. The fourth-order valence-electron chi connectivity index (χ4n) is 1.52. The van der Waals surface area contributed by atoms with Crippen molar-refractivity contribution in [1.29, 1.82) is 10.5 Å². The smallest absolute Gasteiger partial charge is 0.414 e. The zero-order valence-corrected chi connectivity index (χ0v) is 11.9. The SMILES string of the molecule is CC(C)(C)OC(=O)N(CCC#N)c1ccc(C#N)cc1. The van der Waals surface area contributed by atoms with Gasteiger partial charge in [0.15, 0.2) is 0 Å². The molecule has 1 rings (SSSR count). The first-order valence-electron chi connectivity index (χ1n) is 6.25. The number of benzene rings is 1. The average molecular weight is 271 g/mol. The molecule has 1 amide bonds. The Balaban J connectivity index is 2.96. The zero-order valence-electron chi connectivity index (χ0n) is 11.9. The summed E-state index contributed by atoms with van der Waals surface area (Å²) < 4.78 is 5.32. The van der Waals surface area contributed by atoms with Crippen molar-refractivity contribution in [3.05, 3.63) is 29.8 Å². The Morgan fingerprint density at radius 2 is 1.85 bits per heavy atom. The van der Waals surface area contributed by atoms with Gasteiger partial charge in [-0.1, -0.05) is 0 Å². The number of amides is 1. The standard InChI is InChI=1S/C15H17N3O2/c1-15(2,3)20-14(19)18(10-4-9-16)13-7-5-12(11-17)6-8-13/h5-8H,4,10H2,1-3H3. The predicted molar refractivity (Wildman–Crippen MR) is 75.0 cm³/mol. The van der Waals surface area contributed by atoms with Crippen LogP contribution in [0, 0.1) is 22.7 Å². The molecule has 0 aliphatic rings. The number of carbonyl (C=O) groups is 1. The van der Waals surface area contributed by atoms with Gasteiger partial charge in [-0.3, -0.25) is 4.90 Å². The van der Waals surface area contributed by atoms with Gasteiger partial charge in [-0.05, 0) is 45.0 Å². The molecule has 0 aromatic heterocycles. The summed E-state index contributed by atoms with van der Waals surface area (Å²) in [6, 6.07) is 10.6. The van der Waals surface area contributed by atoms with E-state index in [2.05, 4.69) is 0 Å². The molecule has 0 radical (unpaired) electrons. The maximum atomic E-state index is 12.1. The summed E-state index contributed by atoms with van der Waals surface area (Å²) in [4.78, 5) is 13.5. The van der Waals surface area contributed by atoms with E-state index in [-0.39, 0.29) is 13.0 Å². The van der Waals surface area contributed by atoms with Crippen LogP contribution in [0.15, 0.2) is 24.3 Å². The molecule has 0 saturated heterocycles. The monoisotopic (exact) mass is 271 g/mol. The molecule has 5 heteroatoms. The molecular formula is C15H17N3O2. The van der Waals surface area contributed by atoms with Gasteiger partial charge in [0.05, 0.1) is 24.1 Å². The molecule has 5 nitrogen and oxygen atoms in total. The minimum Gasteiger partial charge on any atom is -0.443 e. The first kappa shape index (κ1) is 15.5. The molecule has 0 spiro atoms. The Morgan fingerprint density at radius 3 is 2.30 bits per heavy atom. The third-order valence-electron chi connectivity index (χ3n) is 2.37. The highest BCUT2D eigenvalue weighted by Crippen LogP contribution is 2.19. The summed E-state index contributed by atoms with van der Waals surface area (Å²) >= 11 is 0. The van der Waals surface area contributed by atoms with Crippen molar-refractivity contribution in [3.8, 4) is 12.1 Å². The van der Waals surface area contributed by atoms with Gasteiger partial charge >= 0.3 is 6.09 Å². The fraction of sp³-hybridized carbons (Fsp3) is 0.400. The van der Waals surface area contributed by atoms with E-state index in [1.54, 1.807) is 45.0 Å². The van der Waals surface area contributed by atoms with Crippen molar-refractivity contribution < 1.29 is 9.53 Å². The van der Waals surface area contributed by atoms with Gasteiger partial charge in [0.1, 0.15) is 5.60 Å². The fourth-order valence-corrected chi connectivity index (χ4v) is 1.52. The summed E-state index contributed by atoms with van der Waals surface area (Å²) in [5.41, 5.74) is 0.515. The number of rotatable bonds is 3. The minimum atomic E-state index is -0.603. The lowest BCUT2D eigenvalue weighted by Crippen LogP contribution is -2.37. The van der Waals surface area contributed by atoms with Gasteiger partial charge in [-0.2, -0.15) is 10.5 Å². The number of hydrogen-bond donors (Lipinski definition) is 0. The molecule has 0 fully saturated rings. The second-order valence-corrected chi connectivity index (χ2v) is 5.20. The lowest BCUT2D eigenvalue weighted by molar-refractivity contribution is 0.0581. The van der Waals surface area contributed by atoms with Gasteiger partial charge in [0.2, 0.25) is 0 Å². The number of ether oxygens (including phenoxy) is 1. The van der Waals surface area contributed by atoms with E-state index in [0.29, 0.717) is 11.3 Å². The summed E-state index contributed by atoms with van der Waals surface area (Å²) in [7, 11) is 0. The second kappa shape index (κ2) is 6.58. The van der Waals surface area contributed by atoms with Crippen LogP contribution in [0.2, 0.25) is 0 Å². The molecule has 1 aromatic rings. The van der Waals surface area contributed by atoms with Crippen molar-refractivity contribution in [2.75, 3.05) is 11.4 Å². The molecule has 0 bridgehead atoms. The highest BCUT2D eigenvalue weighted by atomic mass is 16.6. The molecule has 0 atom stereocenters. The number of nitrogens with zero attached hydrogens (tertiary/aromatic N) is 3. The molecule has 1 aromatic carbocycles. The van der Waals surface area contributed by atoms with E-state index in [9.17, 15) is 4.79 Å². The minimum absolute atomic E-state index is 0.208. The molecule has 104 valence electrons. The van der Waals surface area contributed by atoms with E-state index >= 15 is 0 Å². The molecule has 0 aliphatic carbocycles. The Bertz CT molecular complexity index is 544. The Hall–Kier alpha value is -2.53. The predicted octanol–water partition coefficient (Wildman–Crippen LogP) is 3.21. The van der Waals surface area contributed by atoms with Crippen LogP contribution in [0.25, 0.3) is 0 Å². The average Bonchev–Trinajstić information content (AvgIpc) is 2.38. The van der Waals surface area contributed by atoms with E-state index in [4.69, 9.17) is 15.3 Å². The van der Waals surface area contributed by atoms with E-state index < -0.39 is 11.7 Å². The van der Waals surface area contributed by atoms with Gasteiger partial charge in [0, 0.05) is 12.2 Å². The molecule has 20 heavy (non-hydrogen) atoms. The molecule has 0 N–H and O–H groups in total. The molecule has 0 heterocycles. The number of nitriles is 2. The molecule has 0 unspecified atom stereocenters. The van der Waals surface area contributed by atoms with Crippen LogP contribution in [0.5, 0.6) is 0 Å². The van der Waals surface area contributed by atoms with Crippen molar-refractivity contribution in [1.82, 2.24) is 0 Å².